The van der Waals surface area contributed by atoms with Gasteiger partial charge < -0.3 is 11.1 Å². The monoisotopic (exact) mass is 290 g/mol. The lowest BCUT2D eigenvalue weighted by Crippen LogP contribution is -2.22. The van der Waals surface area contributed by atoms with Gasteiger partial charge in [0.1, 0.15) is 5.82 Å². The lowest BCUT2D eigenvalue weighted by atomic mass is 10.1. The summed E-state index contributed by atoms with van der Waals surface area (Å²) in [5, 5.41) is 8.17. The van der Waals surface area contributed by atoms with Gasteiger partial charge in [0.15, 0.2) is 5.11 Å². The van der Waals surface area contributed by atoms with Crippen molar-refractivity contribution in [3.8, 4) is 11.3 Å². The molecule has 0 saturated carbocycles. The van der Waals surface area contributed by atoms with E-state index in [1.165, 1.54) is 10.5 Å². The summed E-state index contributed by atoms with van der Waals surface area (Å²) in [7, 11) is 0. The van der Waals surface area contributed by atoms with Gasteiger partial charge in [-0.3, -0.25) is 0 Å². The molecule has 0 saturated heterocycles. The van der Waals surface area contributed by atoms with E-state index in [0.717, 1.165) is 30.0 Å². The summed E-state index contributed by atoms with van der Waals surface area (Å²) in [4.78, 5) is 1.21. The van der Waals surface area contributed by atoms with E-state index >= 15 is 0 Å². The smallest absolute Gasteiger partial charge is 0.193 e. The minimum Gasteiger partial charge on any atom is -0.374 e. The third kappa shape index (κ3) is 2.01. The first-order valence-electron chi connectivity index (χ1n) is 6.01. The number of thioether (sulfide) groups is 1. The van der Waals surface area contributed by atoms with Gasteiger partial charge in [0.25, 0.3) is 0 Å². The quantitative estimate of drug-likeness (QED) is 0.657. The van der Waals surface area contributed by atoms with Crippen molar-refractivity contribution in [1.29, 1.82) is 0 Å². The Morgan fingerprint density at radius 2 is 2.26 bits per heavy atom. The van der Waals surface area contributed by atoms with Crippen LogP contribution in [0, 0.1) is 0 Å². The molecule has 98 valence electrons. The van der Waals surface area contributed by atoms with Crippen LogP contribution in [0.1, 0.15) is 5.56 Å². The summed E-state index contributed by atoms with van der Waals surface area (Å²) in [6.07, 6.45) is 3.03. The van der Waals surface area contributed by atoms with Crippen LogP contribution < -0.4 is 11.1 Å². The summed E-state index contributed by atoms with van der Waals surface area (Å²) in [5.41, 5.74) is 9.07. The number of benzene rings is 1. The molecular weight excluding hydrogens is 276 g/mol. The molecule has 1 aromatic carbocycles. The Morgan fingerprint density at radius 3 is 3.00 bits per heavy atom. The molecule has 1 aliphatic heterocycles. The van der Waals surface area contributed by atoms with Crippen molar-refractivity contribution < 1.29 is 0 Å². The normalized spacial score (nSPS) is 13.1. The summed E-state index contributed by atoms with van der Waals surface area (Å²) < 4.78 is 1.63. The highest BCUT2D eigenvalue weighted by Gasteiger charge is 2.25. The van der Waals surface area contributed by atoms with E-state index in [-0.39, 0.29) is 5.11 Å². The molecule has 19 heavy (non-hydrogen) atoms. The molecule has 3 rings (SSSR count). The third-order valence-electron chi connectivity index (χ3n) is 3.22. The predicted molar refractivity (Wildman–Crippen MR) is 83.8 cm³/mol. The van der Waals surface area contributed by atoms with Crippen molar-refractivity contribution in [2.24, 2.45) is 5.73 Å². The first-order chi connectivity index (χ1) is 9.22. The second-order valence-corrected chi connectivity index (χ2v) is 5.57. The minimum atomic E-state index is 0.276. The molecule has 0 radical (unpaired) electrons. The molecule has 0 fully saturated rings. The van der Waals surface area contributed by atoms with E-state index in [2.05, 4.69) is 28.8 Å². The minimum absolute atomic E-state index is 0.276. The zero-order valence-electron chi connectivity index (χ0n) is 10.5. The first-order valence-corrected chi connectivity index (χ1v) is 7.64. The van der Waals surface area contributed by atoms with Gasteiger partial charge in [0.05, 0.1) is 5.69 Å². The van der Waals surface area contributed by atoms with Crippen molar-refractivity contribution in [2.75, 3.05) is 18.1 Å². The van der Waals surface area contributed by atoms with Crippen molar-refractivity contribution in [1.82, 2.24) is 9.78 Å². The lowest BCUT2D eigenvalue weighted by Gasteiger charge is -2.05. The molecule has 0 bridgehead atoms. The predicted octanol–water partition coefficient (Wildman–Crippen LogP) is 2.33. The number of aromatic nitrogens is 2. The molecule has 3 N–H and O–H groups in total. The van der Waals surface area contributed by atoms with E-state index in [9.17, 15) is 0 Å². The lowest BCUT2D eigenvalue weighted by molar-refractivity contribution is 0.933. The summed E-state index contributed by atoms with van der Waals surface area (Å²) >= 11 is 6.78. The fraction of sp³-hybridized carbons (Fsp3) is 0.231. The van der Waals surface area contributed by atoms with Gasteiger partial charge in [-0.25, -0.2) is 0 Å². The zero-order valence-corrected chi connectivity index (χ0v) is 12.1. The van der Waals surface area contributed by atoms with Crippen LogP contribution in [0.3, 0.4) is 0 Å². The molecule has 4 nitrogen and oxygen atoms in total. The Kier molecular flexibility index (Phi) is 3.20. The average molecular weight is 290 g/mol. The molecule has 0 atom stereocenters. The van der Waals surface area contributed by atoms with E-state index in [1.807, 2.05) is 12.1 Å². The molecule has 1 aliphatic rings. The number of hydrogen-bond donors (Lipinski definition) is 2. The molecule has 0 spiro atoms. The maximum absolute atomic E-state index is 5.74. The number of nitrogens with zero attached hydrogens (tertiary/aromatic N) is 2. The second kappa shape index (κ2) is 4.86. The highest BCUT2D eigenvalue weighted by molar-refractivity contribution is 7.98. The standard InChI is InChI=1S/C13H14N4S2/c1-19-10-5-3-2-4-8(10)11-9-6-7-15-12(9)17(16-11)13(14)18/h2-5,15H,6-7H2,1H3,(H2,14,18). The number of nitrogens with two attached hydrogens (primary N) is 1. The Bertz CT molecular complexity index is 648. The average Bonchev–Trinajstić information content (AvgIpc) is 2.99. The number of rotatable bonds is 2. The maximum Gasteiger partial charge on any atom is 0.193 e. The Balaban J connectivity index is 2.21. The fourth-order valence-corrected chi connectivity index (χ4v) is 3.12. The largest absolute Gasteiger partial charge is 0.374 e. The van der Waals surface area contributed by atoms with E-state index in [4.69, 9.17) is 18.0 Å². The number of thiocarbonyl (C=S) groups is 1. The van der Waals surface area contributed by atoms with Crippen LogP contribution in [0.5, 0.6) is 0 Å². The topological polar surface area (TPSA) is 55.9 Å². The number of nitrogens with one attached hydrogen (secondary N) is 1. The van der Waals surface area contributed by atoms with Gasteiger partial charge in [0.2, 0.25) is 0 Å². The summed E-state index contributed by atoms with van der Waals surface area (Å²) in [5.74, 6) is 0.943. The van der Waals surface area contributed by atoms with Gasteiger partial charge in [0, 0.05) is 22.6 Å². The van der Waals surface area contributed by atoms with Crippen LogP contribution in [0.25, 0.3) is 11.3 Å². The third-order valence-corrected chi connectivity index (χ3v) is 4.19. The Morgan fingerprint density at radius 1 is 1.47 bits per heavy atom. The van der Waals surface area contributed by atoms with Crippen molar-refractivity contribution >= 4 is 34.9 Å². The summed E-state index contributed by atoms with van der Waals surface area (Å²) in [6.45, 7) is 0.907. The van der Waals surface area contributed by atoms with Crippen molar-refractivity contribution in [3.63, 3.8) is 0 Å². The zero-order chi connectivity index (χ0) is 13.4. The molecule has 0 aliphatic carbocycles. The summed E-state index contributed by atoms with van der Waals surface area (Å²) in [6, 6.07) is 8.27. The van der Waals surface area contributed by atoms with Crippen LogP contribution in [0.2, 0.25) is 0 Å². The molecule has 0 amide bonds. The molecular formula is C13H14N4S2. The van der Waals surface area contributed by atoms with Gasteiger partial charge in [-0.05, 0) is 31.0 Å². The van der Waals surface area contributed by atoms with Gasteiger partial charge in [-0.2, -0.15) is 9.78 Å². The molecule has 1 aromatic heterocycles. The first kappa shape index (κ1) is 12.5. The number of anilines is 1. The van der Waals surface area contributed by atoms with Crippen LogP contribution in [-0.2, 0) is 6.42 Å². The molecule has 2 heterocycles. The van der Waals surface area contributed by atoms with Crippen molar-refractivity contribution in [2.45, 2.75) is 11.3 Å². The number of fused-ring (bicyclic) bond motifs is 1. The fourth-order valence-electron chi connectivity index (χ4n) is 2.39. The van der Waals surface area contributed by atoms with Crippen molar-refractivity contribution in [3.05, 3.63) is 29.8 Å². The van der Waals surface area contributed by atoms with E-state index in [0.29, 0.717) is 0 Å². The number of hydrogen-bond acceptors (Lipinski definition) is 4. The van der Waals surface area contributed by atoms with Gasteiger partial charge in [-0.1, -0.05) is 18.2 Å². The highest BCUT2D eigenvalue weighted by Crippen LogP contribution is 2.36. The highest BCUT2D eigenvalue weighted by atomic mass is 32.2. The van der Waals surface area contributed by atoms with Crippen LogP contribution in [0.4, 0.5) is 5.82 Å². The van der Waals surface area contributed by atoms with Crippen LogP contribution >= 0.6 is 24.0 Å². The van der Waals surface area contributed by atoms with E-state index < -0.39 is 0 Å². The molecule has 6 heteroatoms. The Labute approximate surface area is 121 Å². The van der Waals surface area contributed by atoms with Crippen LogP contribution in [0.15, 0.2) is 29.2 Å². The van der Waals surface area contributed by atoms with E-state index in [1.54, 1.807) is 16.4 Å². The van der Waals surface area contributed by atoms with Gasteiger partial charge >= 0.3 is 0 Å². The van der Waals surface area contributed by atoms with Crippen LogP contribution in [-0.4, -0.2) is 27.7 Å². The maximum atomic E-state index is 5.74. The molecule has 0 unspecified atom stereocenters. The molecule has 2 aromatic rings. The van der Waals surface area contributed by atoms with Gasteiger partial charge in [-0.15, -0.1) is 11.8 Å². The Hall–Kier alpha value is -1.53. The SMILES string of the molecule is CSc1ccccc1-c1nn(C(N)=S)c2c1CCN2. The second-order valence-electron chi connectivity index (χ2n) is 4.30.